The van der Waals surface area contributed by atoms with Crippen molar-refractivity contribution in [2.75, 3.05) is 0 Å². The highest BCUT2D eigenvalue weighted by atomic mass is 35.5. The van der Waals surface area contributed by atoms with Crippen molar-refractivity contribution in [3.8, 4) is 0 Å². The molecule has 1 aromatic rings. The summed E-state index contributed by atoms with van der Waals surface area (Å²) in [6.45, 7) is 8.51. The minimum Gasteiger partial charge on any atom is -0.290 e. The molecule has 1 aromatic carbocycles. The summed E-state index contributed by atoms with van der Waals surface area (Å²) < 4.78 is 0. The zero-order chi connectivity index (χ0) is 13.9. The van der Waals surface area contributed by atoms with E-state index in [1.165, 1.54) is 0 Å². The molecule has 0 aromatic heterocycles. The van der Waals surface area contributed by atoms with Crippen LogP contribution in [-0.4, -0.2) is 11.0 Å². The van der Waals surface area contributed by atoms with Crippen molar-refractivity contribution in [2.24, 2.45) is 5.41 Å². The maximum Gasteiger partial charge on any atom is 0.149 e. The van der Waals surface area contributed by atoms with Crippen LogP contribution in [0.4, 0.5) is 0 Å². The lowest BCUT2D eigenvalue weighted by molar-refractivity contribution is 0.234. The fraction of sp³-hybridized carbons (Fsp3) is 0.500. The van der Waals surface area contributed by atoms with E-state index in [2.05, 4.69) is 20.8 Å². The average molecular weight is 269 g/mol. The molecular formula is C14H21ClN2O. The molecule has 0 unspecified atom stereocenters. The van der Waals surface area contributed by atoms with E-state index in [4.69, 9.17) is 22.2 Å². The third-order valence-corrected chi connectivity index (χ3v) is 3.75. The molecule has 18 heavy (non-hydrogen) atoms. The summed E-state index contributed by atoms with van der Waals surface area (Å²) in [6, 6.07) is 3.74. The highest BCUT2D eigenvalue weighted by Gasteiger charge is 2.19. The molecule has 0 aliphatic heterocycles. The largest absolute Gasteiger partial charge is 0.290 e. The Morgan fingerprint density at radius 1 is 1.44 bits per heavy atom. The summed E-state index contributed by atoms with van der Waals surface area (Å²) in [5, 5.41) is 17.0. The van der Waals surface area contributed by atoms with Gasteiger partial charge in [0.2, 0.25) is 0 Å². The van der Waals surface area contributed by atoms with Crippen molar-refractivity contribution < 1.29 is 5.21 Å². The normalized spacial score (nSPS) is 11.4. The van der Waals surface area contributed by atoms with Gasteiger partial charge in [-0.05, 0) is 36.0 Å². The topological polar surface area (TPSA) is 56.1 Å². The van der Waals surface area contributed by atoms with Gasteiger partial charge in [-0.1, -0.05) is 44.9 Å². The van der Waals surface area contributed by atoms with E-state index in [-0.39, 0.29) is 11.3 Å². The summed E-state index contributed by atoms with van der Waals surface area (Å²) in [5.74, 6) is -0.0318. The second kappa shape index (κ2) is 5.72. The summed E-state index contributed by atoms with van der Waals surface area (Å²) >= 11 is 6.26. The first-order valence-corrected chi connectivity index (χ1v) is 6.46. The molecule has 4 heteroatoms. The Morgan fingerprint density at radius 3 is 2.56 bits per heavy atom. The second-order valence-electron chi connectivity index (χ2n) is 5.44. The van der Waals surface area contributed by atoms with Gasteiger partial charge in [0.25, 0.3) is 0 Å². The van der Waals surface area contributed by atoms with E-state index >= 15 is 0 Å². The quantitative estimate of drug-likeness (QED) is 0.440. The Hall–Kier alpha value is -1.06. The molecule has 0 saturated carbocycles. The first-order valence-electron chi connectivity index (χ1n) is 6.09. The minimum absolute atomic E-state index is 0.0318. The van der Waals surface area contributed by atoms with Crippen molar-refractivity contribution in [2.45, 2.75) is 40.5 Å². The van der Waals surface area contributed by atoms with Crippen LogP contribution < -0.4 is 5.48 Å². The van der Waals surface area contributed by atoms with Crippen LogP contribution in [0.25, 0.3) is 0 Å². The Labute approximate surface area is 114 Å². The monoisotopic (exact) mass is 268 g/mol. The van der Waals surface area contributed by atoms with Gasteiger partial charge in [0, 0.05) is 10.6 Å². The molecule has 0 aliphatic rings. The number of rotatable bonds is 4. The summed E-state index contributed by atoms with van der Waals surface area (Å²) in [4.78, 5) is 0. The van der Waals surface area contributed by atoms with Crippen molar-refractivity contribution in [1.82, 2.24) is 5.48 Å². The zero-order valence-corrected chi connectivity index (χ0v) is 12.2. The number of benzene rings is 1. The fourth-order valence-corrected chi connectivity index (χ4v) is 2.08. The zero-order valence-electron chi connectivity index (χ0n) is 11.4. The van der Waals surface area contributed by atoms with E-state index in [9.17, 15) is 0 Å². The van der Waals surface area contributed by atoms with E-state index < -0.39 is 0 Å². The fourth-order valence-electron chi connectivity index (χ4n) is 1.85. The smallest absolute Gasteiger partial charge is 0.149 e. The number of amidine groups is 1. The summed E-state index contributed by atoms with van der Waals surface area (Å²) in [5.41, 5.74) is 4.72. The van der Waals surface area contributed by atoms with Gasteiger partial charge in [-0.15, -0.1) is 0 Å². The molecule has 0 fully saturated rings. The summed E-state index contributed by atoms with van der Waals surface area (Å²) in [6.07, 6.45) is 1.99. The van der Waals surface area contributed by atoms with Crippen molar-refractivity contribution in [3.05, 3.63) is 33.8 Å². The lowest BCUT2D eigenvalue weighted by Crippen LogP contribution is -2.20. The van der Waals surface area contributed by atoms with E-state index in [0.29, 0.717) is 10.6 Å². The number of nitrogens with one attached hydrogen (secondary N) is 2. The van der Waals surface area contributed by atoms with Crippen LogP contribution in [0.2, 0.25) is 5.02 Å². The Morgan fingerprint density at radius 2 is 2.06 bits per heavy atom. The van der Waals surface area contributed by atoms with Crippen molar-refractivity contribution >= 4 is 17.4 Å². The molecule has 0 saturated heterocycles. The van der Waals surface area contributed by atoms with E-state index in [1.54, 1.807) is 6.07 Å². The number of hydrogen-bond acceptors (Lipinski definition) is 2. The molecule has 100 valence electrons. The average Bonchev–Trinajstić information content (AvgIpc) is 2.32. The maximum atomic E-state index is 8.78. The highest BCUT2D eigenvalue weighted by Crippen LogP contribution is 2.30. The van der Waals surface area contributed by atoms with Gasteiger partial charge in [-0.2, -0.15) is 0 Å². The molecule has 0 aliphatic carbocycles. The SMILES string of the molecule is CCC(C)(C)Cc1cc(C)c(C(=N)NO)cc1Cl. The molecule has 0 heterocycles. The molecule has 1 rings (SSSR count). The first-order chi connectivity index (χ1) is 8.30. The molecule has 0 atom stereocenters. The molecule has 0 radical (unpaired) electrons. The van der Waals surface area contributed by atoms with Gasteiger partial charge in [0.15, 0.2) is 0 Å². The van der Waals surface area contributed by atoms with Gasteiger partial charge in [0.05, 0.1) is 0 Å². The molecular weight excluding hydrogens is 248 g/mol. The van der Waals surface area contributed by atoms with Crippen LogP contribution in [-0.2, 0) is 6.42 Å². The number of hydroxylamine groups is 1. The number of aryl methyl sites for hydroxylation is 1. The number of hydrogen-bond donors (Lipinski definition) is 3. The predicted octanol–water partition coefficient (Wildman–Crippen LogP) is 3.93. The Kier molecular flexibility index (Phi) is 4.77. The van der Waals surface area contributed by atoms with Gasteiger partial charge in [0.1, 0.15) is 5.84 Å². The molecule has 0 spiro atoms. The van der Waals surface area contributed by atoms with Crippen LogP contribution >= 0.6 is 11.6 Å². The lowest BCUT2D eigenvalue weighted by Gasteiger charge is -2.24. The van der Waals surface area contributed by atoms with Crippen LogP contribution in [0.5, 0.6) is 0 Å². The third kappa shape index (κ3) is 3.47. The Bertz CT molecular complexity index is 455. The first kappa shape index (κ1) is 15.0. The van der Waals surface area contributed by atoms with Gasteiger partial charge in [-0.3, -0.25) is 16.1 Å². The summed E-state index contributed by atoms with van der Waals surface area (Å²) in [7, 11) is 0. The van der Waals surface area contributed by atoms with Gasteiger partial charge < -0.3 is 0 Å². The highest BCUT2D eigenvalue weighted by molar-refractivity contribution is 6.31. The predicted molar refractivity (Wildman–Crippen MR) is 75.7 cm³/mol. The van der Waals surface area contributed by atoms with Gasteiger partial charge >= 0.3 is 0 Å². The van der Waals surface area contributed by atoms with E-state index in [0.717, 1.165) is 24.0 Å². The van der Waals surface area contributed by atoms with Crippen LogP contribution in [0, 0.1) is 17.7 Å². The van der Waals surface area contributed by atoms with Crippen molar-refractivity contribution in [3.63, 3.8) is 0 Å². The van der Waals surface area contributed by atoms with Crippen molar-refractivity contribution in [1.29, 1.82) is 5.41 Å². The van der Waals surface area contributed by atoms with Crippen LogP contribution in [0.3, 0.4) is 0 Å². The molecule has 0 amide bonds. The minimum atomic E-state index is -0.0318. The maximum absolute atomic E-state index is 8.78. The third-order valence-electron chi connectivity index (χ3n) is 3.40. The lowest BCUT2D eigenvalue weighted by atomic mass is 9.83. The van der Waals surface area contributed by atoms with Crippen LogP contribution in [0.15, 0.2) is 12.1 Å². The van der Waals surface area contributed by atoms with E-state index in [1.807, 2.05) is 18.5 Å². The Balaban J connectivity index is 3.11. The van der Waals surface area contributed by atoms with Crippen LogP contribution in [0.1, 0.15) is 43.9 Å². The standard InChI is InChI=1S/C14H21ClN2O/c1-5-14(3,4)8-10-6-9(2)11(7-12(10)15)13(16)17-18/h6-7,18H,5,8H2,1-4H3,(H2,16,17). The molecule has 0 bridgehead atoms. The number of halogens is 1. The molecule has 3 nitrogen and oxygen atoms in total. The molecule has 3 N–H and O–H groups in total. The second-order valence-corrected chi connectivity index (χ2v) is 5.85. The van der Waals surface area contributed by atoms with Gasteiger partial charge in [-0.25, -0.2) is 0 Å².